The number of aromatic nitrogens is 1. The van der Waals surface area contributed by atoms with E-state index in [9.17, 15) is 4.79 Å². The van der Waals surface area contributed by atoms with Gasteiger partial charge in [0.2, 0.25) is 0 Å². The highest BCUT2D eigenvalue weighted by Gasteiger charge is 2.16. The van der Waals surface area contributed by atoms with Crippen LogP contribution in [0.3, 0.4) is 0 Å². The molecule has 19 heavy (non-hydrogen) atoms. The summed E-state index contributed by atoms with van der Waals surface area (Å²) in [6.07, 6.45) is 1.68. The maximum atomic E-state index is 11.7. The number of para-hydroxylation sites is 1. The third kappa shape index (κ3) is 2.74. The van der Waals surface area contributed by atoms with Crippen LogP contribution in [-0.2, 0) is 0 Å². The lowest BCUT2D eigenvalue weighted by Gasteiger charge is -2.12. The Bertz CT molecular complexity index is 599. The maximum Gasteiger partial charge on any atom is 0.268 e. The van der Waals surface area contributed by atoms with Gasteiger partial charge in [-0.15, -0.1) is 0 Å². The normalized spacial score (nSPS) is 10.1. The standard InChI is InChI=1S/C13H12BrN3O2/c1-19-12-9(11-6-5-8(14)7-16-11)3-2-4-10(12)13(18)17-15/h2-7H,15H2,1H3,(H,17,18). The van der Waals surface area contributed by atoms with Crippen LogP contribution in [-0.4, -0.2) is 18.0 Å². The summed E-state index contributed by atoms with van der Waals surface area (Å²) in [5, 5.41) is 0. The second-order valence-corrected chi connectivity index (χ2v) is 4.64. The maximum absolute atomic E-state index is 11.7. The van der Waals surface area contributed by atoms with Gasteiger partial charge in [-0.2, -0.15) is 0 Å². The van der Waals surface area contributed by atoms with Crippen LogP contribution in [0.2, 0.25) is 0 Å². The van der Waals surface area contributed by atoms with Gasteiger partial charge in [0.1, 0.15) is 5.75 Å². The van der Waals surface area contributed by atoms with Crippen molar-refractivity contribution in [3.05, 3.63) is 46.6 Å². The summed E-state index contributed by atoms with van der Waals surface area (Å²) in [5.74, 6) is 5.20. The molecule has 0 fully saturated rings. The van der Waals surface area contributed by atoms with Gasteiger partial charge in [-0.05, 0) is 40.2 Å². The van der Waals surface area contributed by atoms with Crippen molar-refractivity contribution in [1.29, 1.82) is 0 Å². The summed E-state index contributed by atoms with van der Waals surface area (Å²) >= 11 is 3.33. The number of carbonyl (C=O) groups excluding carboxylic acids is 1. The van der Waals surface area contributed by atoms with Gasteiger partial charge in [0.15, 0.2) is 0 Å². The molecule has 1 heterocycles. The topological polar surface area (TPSA) is 77.2 Å². The number of nitrogen functional groups attached to an aromatic ring is 1. The molecular formula is C13H12BrN3O2. The molecule has 98 valence electrons. The number of hydrogen-bond donors (Lipinski definition) is 2. The van der Waals surface area contributed by atoms with Gasteiger partial charge < -0.3 is 4.74 Å². The zero-order valence-electron chi connectivity index (χ0n) is 10.2. The number of nitrogens with one attached hydrogen (secondary N) is 1. The van der Waals surface area contributed by atoms with Crippen molar-refractivity contribution in [1.82, 2.24) is 10.4 Å². The van der Waals surface area contributed by atoms with Crippen molar-refractivity contribution in [2.45, 2.75) is 0 Å². The SMILES string of the molecule is COc1c(C(=O)NN)cccc1-c1ccc(Br)cn1. The van der Waals surface area contributed by atoms with E-state index in [1.165, 1.54) is 7.11 Å². The quantitative estimate of drug-likeness (QED) is 0.515. The van der Waals surface area contributed by atoms with Crippen molar-refractivity contribution in [3.63, 3.8) is 0 Å². The molecule has 5 nitrogen and oxygen atoms in total. The highest BCUT2D eigenvalue weighted by atomic mass is 79.9. The van der Waals surface area contributed by atoms with Crippen LogP contribution in [0.5, 0.6) is 5.75 Å². The lowest BCUT2D eigenvalue weighted by molar-refractivity contribution is 0.0950. The Morgan fingerprint density at radius 1 is 1.37 bits per heavy atom. The lowest BCUT2D eigenvalue weighted by atomic mass is 10.0. The predicted molar refractivity (Wildman–Crippen MR) is 75.6 cm³/mol. The molecule has 3 N–H and O–H groups in total. The van der Waals surface area contributed by atoms with E-state index in [0.717, 1.165) is 10.0 Å². The van der Waals surface area contributed by atoms with Crippen molar-refractivity contribution in [2.75, 3.05) is 7.11 Å². The number of pyridine rings is 1. The van der Waals surface area contributed by atoms with E-state index in [4.69, 9.17) is 10.6 Å². The number of rotatable bonds is 3. The molecule has 0 aliphatic heterocycles. The Hall–Kier alpha value is -1.92. The molecular weight excluding hydrogens is 310 g/mol. The van der Waals surface area contributed by atoms with E-state index in [2.05, 4.69) is 26.3 Å². The minimum Gasteiger partial charge on any atom is -0.495 e. The number of methoxy groups -OCH3 is 1. The van der Waals surface area contributed by atoms with Crippen LogP contribution in [0.25, 0.3) is 11.3 Å². The summed E-state index contributed by atoms with van der Waals surface area (Å²) in [7, 11) is 1.50. The number of carbonyl (C=O) groups is 1. The highest BCUT2D eigenvalue weighted by molar-refractivity contribution is 9.10. The van der Waals surface area contributed by atoms with E-state index in [1.807, 2.05) is 18.2 Å². The van der Waals surface area contributed by atoms with Gasteiger partial charge >= 0.3 is 0 Å². The Labute approximate surface area is 118 Å². The van der Waals surface area contributed by atoms with E-state index in [-0.39, 0.29) is 0 Å². The lowest BCUT2D eigenvalue weighted by Crippen LogP contribution is -2.30. The van der Waals surface area contributed by atoms with Crippen molar-refractivity contribution in [2.24, 2.45) is 5.84 Å². The third-order valence-electron chi connectivity index (χ3n) is 2.60. The average molecular weight is 322 g/mol. The van der Waals surface area contributed by atoms with Gasteiger partial charge in [0, 0.05) is 16.2 Å². The van der Waals surface area contributed by atoms with E-state index < -0.39 is 5.91 Å². The zero-order valence-corrected chi connectivity index (χ0v) is 11.8. The summed E-state index contributed by atoms with van der Waals surface area (Å²) in [6, 6.07) is 8.95. The minimum atomic E-state index is -0.407. The fourth-order valence-electron chi connectivity index (χ4n) is 1.75. The second kappa shape index (κ2) is 5.81. The summed E-state index contributed by atoms with van der Waals surface area (Å²) < 4.78 is 6.20. The Balaban J connectivity index is 2.57. The number of nitrogens with zero attached hydrogens (tertiary/aromatic N) is 1. The first-order chi connectivity index (χ1) is 9.17. The molecule has 0 saturated heterocycles. The average Bonchev–Trinajstić information content (AvgIpc) is 2.46. The second-order valence-electron chi connectivity index (χ2n) is 3.72. The monoisotopic (exact) mass is 321 g/mol. The number of amides is 1. The third-order valence-corrected chi connectivity index (χ3v) is 3.07. The fraction of sp³-hybridized carbons (Fsp3) is 0.0769. The van der Waals surface area contributed by atoms with Crippen LogP contribution in [0, 0.1) is 0 Å². The number of halogens is 1. The highest BCUT2D eigenvalue weighted by Crippen LogP contribution is 2.32. The molecule has 0 spiro atoms. The molecule has 0 unspecified atom stereocenters. The molecule has 1 aromatic carbocycles. The molecule has 0 bridgehead atoms. The van der Waals surface area contributed by atoms with Crippen LogP contribution in [0.4, 0.5) is 0 Å². The van der Waals surface area contributed by atoms with Gasteiger partial charge in [-0.25, -0.2) is 5.84 Å². The van der Waals surface area contributed by atoms with Gasteiger partial charge in [-0.1, -0.05) is 6.07 Å². The number of ether oxygens (including phenoxy) is 1. The van der Waals surface area contributed by atoms with Crippen LogP contribution < -0.4 is 16.0 Å². The number of benzene rings is 1. The number of hydrogen-bond acceptors (Lipinski definition) is 4. The summed E-state index contributed by atoms with van der Waals surface area (Å²) in [5.41, 5.74) is 3.91. The Morgan fingerprint density at radius 2 is 2.16 bits per heavy atom. The van der Waals surface area contributed by atoms with Crippen molar-refractivity contribution < 1.29 is 9.53 Å². The van der Waals surface area contributed by atoms with E-state index in [1.54, 1.807) is 18.3 Å². The number of hydrazine groups is 1. The molecule has 2 rings (SSSR count). The minimum absolute atomic E-state index is 0.368. The first-order valence-electron chi connectivity index (χ1n) is 5.47. The molecule has 0 radical (unpaired) electrons. The van der Waals surface area contributed by atoms with Crippen LogP contribution in [0.1, 0.15) is 10.4 Å². The molecule has 2 aromatic rings. The number of nitrogens with two attached hydrogens (primary N) is 1. The zero-order chi connectivity index (χ0) is 13.8. The van der Waals surface area contributed by atoms with Gasteiger partial charge in [-0.3, -0.25) is 15.2 Å². The molecule has 0 aliphatic carbocycles. The molecule has 0 aliphatic rings. The van der Waals surface area contributed by atoms with E-state index in [0.29, 0.717) is 17.0 Å². The Morgan fingerprint density at radius 3 is 2.74 bits per heavy atom. The van der Waals surface area contributed by atoms with Crippen molar-refractivity contribution in [3.8, 4) is 17.0 Å². The smallest absolute Gasteiger partial charge is 0.268 e. The molecule has 0 saturated carbocycles. The molecule has 1 aromatic heterocycles. The first-order valence-corrected chi connectivity index (χ1v) is 6.26. The Kier molecular flexibility index (Phi) is 4.13. The van der Waals surface area contributed by atoms with Crippen LogP contribution >= 0.6 is 15.9 Å². The first kappa shape index (κ1) is 13.5. The van der Waals surface area contributed by atoms with Crippen LogP contribution in [0.15, 0.2) is 41.0 Å². The van der Waals surface area contributed by atoms with E-state index >= 15 is 0 Å². The summed E-state index contributed by atoms with van der Waals surface area (Å²) in [4.78, 5) is 16.0. The fourth-order valence-corrected chi connectivity index (χ4v) is 1.98. The summed E-state index contributed by atoms with van der Waals surface area (Å²) in [6.45, 7) is 0. The predicted octanol–water partition coefficient (Wildman–Crippen LogP) is 2.12. The van der Waals surface area contributed by atoms with Gasteiger partial charge in [0.25, 0.3) is 5.91 Å². The molecule has 1 amide bonds. The van der Waals surface area contributed by atoms with Crippen molar-refractivity contribution >= 4 is 21.8 Å². The molecule has 6 heteroatoms. The molecule has 0 atom stereocenters. The largest absolute Gasteiger partial charge is 0.495 e. The van der Waals surface area contributed by atoms with Gasteiger partial charge in [0.05, 0.1) is 18.4 Å².